The second-order valence-corrected chi connectivity index (χ2v) is 5.41. The summed E-state index contributed by atoms with van der Waals surface area (Å²) in [5, 5.41) is 2.80. The molecule has 2 rings (SSSR count). The van der Waals surface area contributed by atoms with Crippen LogP contribution in [0.4, 0.5) is 5.69 Å². The van der Waals surface area contributed by atoms with Crippen LogP contribution >= 0.6 is 15.9 Å². The Kier molecular flexibility index (Phi) is 4.37. The van der Waals surface area contributed by atoms with Crippen LogP contribution in [0.2, 0.25) is 0 Å². The molecule has 100 valence electrons. The molecule has 1 aliphatic carbocycles. The highest BCUT2D eigenvalue weighted by Gasteiger charge is 2.22. The number of anilines is 1. The fourth-order valence-electron chi connectivity index (χ4n) is 2.17. The molecule has 0 radical (unpaired) electrons. The molecule has 4 nitrogen and oxygen atoms in total. The Morgan fingerprint density at radius 1 is 1.05 bits per heavy atom. The molecular weight excluding hydrogens is 308 g/mol. The Bertz CT molecular complexity index is 535. The maximum absolute atomic E-state index is 12.2. The zero-order chi connectivity index (χ0) is 13.8. The number of primary amides is 1. The second-order valence-electron chi connectivity index (χ2n) is 4.49. The number of carbonyl (C=O) groups excluding carboxylic acids is 2. The molecule has 2 amide bonds. The molecule has 0 saturated carbocycles. The summed E-state index contributed by atoms with van der Waals surface area (Å²) in [5.74, 6) is -0.712. The van der Waals surface area contributed by atoms with Crippen molar-refractivity contribution in [3.8, 4) is 0 Å². The zero-order valence-corrected chi connectivity index (χ0v) is 12.0. The molecule has 0 saturated heterocycles. The van der Waals surface area contributed by atoms with Crippen molar-refractivity contribution in [2.24, 2.45) is 5.73 Å². The van der Waals surface area contributed by atoms with Crippen LogP contribution in [0.25, 0.3) is 0 Å². The fourth-order valence-corrected chi connectivity index (χ4v) is 2.43. The third-order valence-corrected chi connectivity index (χ3v) is 3.67. The Morgan fingerprint density at radius 2 is 1.63 bits per heavy atom. The molecule has 0 bridgehead atoms. The van der Waals surface area contributed by atoms with Crippen LogP contribution in [-0.2, 0) is 9.59 Å². The highest BCUT2D eigenvalue weighted by atomic mass is 79.9. The van der Waals surface area contributed by atoms with Gasteiger partial charge in [0, 0.05) is 21.3 Å². The minimum absolute atomic E-state index is 0.226. The summed E-state index contributed by atoms with van der Waals surface area (Å²) < 4.78 is 0.945. The van der Waals surface area contributed by atoms with E-state index in [0.717, 1.165) is 17.3 Å². The fraction of sp³-hybridized carbons (Fsp3) is 0.286. The van der Waals surface area contributed by atoms with Crippen LogP contribution in [0.3, 0.4) is 0 Å². The number of carbonyl (C=O) groups is 2. The number of benzene rings is 1. The summed E-state index contributed by atoms with van der Waals surface area (Å²) in [4.78, 5) is 23.5. The lowest BCUT2D eigenvalue weighted by molar-refractivity contribution is -0.116. The SMILES string of the molecule is NC(=O)C1=C(C(=O)Nc2ccc(Br)cc2)CCCC1. The van der Waals surface area contributed by atoms with Gasteiger partial charge in [0.05, 0.1) is 0 Å². The number of halogens is 1. The molecule has 5 heteroatoms. The van der Waals surface area contributed by atoms with Crippen LogP contribution in [0.5, 0.6) is 0 Å². The van der Waals surface area contributed by atoms with Crippen LogP contribution in [0.1, 0.15) is 25.7 Å². The number of amides is 2. The van der Waals surface area contributed by atoms with Crippen molar-refractivity contribution in [3.05, 3.63) is 39.9 Å². The molecule has 0 heterocycles. The van der Waals surface area contributed by atoms with E-state index in [2.05, 4.69) is 21.2 Å². The number of rotatable bonds is 3. The molecule has 19 heavy (non-hydrogen) atoms. The van der Waals surface area contributed by atoms with Gasteiger partial charge in [-0.3, -0.25) is 9.59 Å². The molecule has 1 aromatic rings. The van der Waals surface area contributed by atoms with Gasteiger partial charge in [0.15, 0.2) is 0 Å². The van der Waals surface area contributed by atoms with Crippen molar-refractivity contribution in [2.45, 2.75) is 25.7 Å². The number of hydrogen-bond acceptors (Lipinski definition) is 2. The van der Waals surface area contributed by atoms with Gasteiger partial charge in [-0.2, -0.15) is 0 Å². The van der Waals surface area contributed by atoms with Gasteiger partial charge in [0.2, 0.25) is 5.91 Å². The van der Waals surface area contributed by atoms with Gasteiger partial charge >= 0.3 is 0 Å². The molecule has 0 aromatic heterocycles. The highest BCUT2D eigenvalue weighted by molar-refractivity contribution is 9.10. The maximum atomic E-state index is 12.2. The first-order chi connectivity index (χ1) is 9.08. The summed E-state index contributed by atoms with van der Waals surface area (Å²) in [5.41, 5.74) is 7.03. The Hall–Kier alpha value is -1.62. The summed E-state index contributed by atoms with van der Waals surface area (Å²) in [6, 6.07) is 7.30. The molecule has 0 unspecified atom stereocenters. The average molecular weight is 323 g/mol. The third-order valence-electron chi connectivity index (χ3n) is 3.14. The summed E-state index contributed by atoms with van der Waals surface area (Å²) >= 11 is 3.33. The first kappa shape index (κ1) is 13.8. The minimum Gasteiger partial charge on any atom is -0.366 e. The molecule has 0 fully saturated rings. The van der Waals surface area contributed by atoms with Crippen molar-refractivity contribution in [1.29, 1.82) is 0 Å². The van der Waals surface area contributed by atoms with E-state index >= 15 is 0 Å². The van der Waals surface area contributed by atoms with Crippen LogP contribution < -0.4 is 11.1 Å². The highest BCUT2D eigenvalue weighted by Crippen LogP contribution is 2.26. The van der Waals surface area contributed by atoms with Gasteiger partial charge in [0.1, 0.15) is 0 Å². The minimum atomic E-state index is -0.486. The molecule has 0 aliphatic heterocycles. The topological polar surface area (TPSA) is 72.2 Å². The van der Waals surface area contributed by atoms with E-state index in [1.54, 1.807) is 12.1 Å². The van der Waals surface area contributed by atoms with Gasteiger partial charge in [-0.05, 0) is 49.9 Å². The monoisotopic (exact) mass is 322 g/mol. The standard InChI is InChI=1S/C14H15BrN2O2/c15-9-5-7-10(8-6-9)17-14(19)12-4-2-1-3-11(12)13(16)18/h5-8H,1-4H2,(H2,16,18)(H,17,19). The smallest absolute Gasteiger partial charge is 0.252 e. The van der Waals surface area contributed by atoms with Crippen molar-refractivity contribution in [2.75, 3.05) is 5.32 Å². The van der Waals surface area contributed by atoms with Gasteiger partial charge in [-0.15, -0.1) is 0 Å². The predicted octanol–water partition coefficient (Wildman–Crippen LogP) is 2.74. The van der Waals surface area contributed by atoms with Gasteiger partial charge in [0.25, 0.3) is 5.91 Å². The summed E-state index contributed by atoms with van der Waals surface area (Å²) in [6.45, 7) is 0. The molecule has 0 atom stereocenters. The van der Waals surface area contributed by atoms with Gasteiger partial charge < -0.3 is 11.1 Å². The molecule has 3 N–H and O–H groups in total. The van der Waals surface area contributed by atoms with Crippen molar-refractivity contribution in [3.63, 3.8) is 0 Å². The normalized spacial score (nSPS) is 15.2. The van der Waals surface area contributed by atoms with E-state index in [9.17, 15) is 9.59 Å². The van der Waals surface area contributed by atoms with Crippen LogP contribution in [0, 0.1) is 0 Å². The van der Waals surface area contributed by atoms with E-state index in [-0.39, 0.29) is 5.91 Å². The average Bonchev–Trinajstić information content (AvgIpc) is 2.41. The van der Waals surface area contributed by atoms with Crippen molar-refractivity contribution >= 4 is 33.4 Å². The quantitative estimate of drug-likeness (QED) is 0.898. The van der Waals surface area contributed by atoms with E-state index in [0.29, 0.717) is 29.7 Å². The Labute approximate surface area is 120 Å². The summed E-state index contributed by atoms with van der Waals surface area (Å²) in [7, 11) is 0. The molecular formula is C14H15BrN2O2. The number of hydrogen-bond donors (Lipinski definition) is 2. The largest absolute Gasteiger partial charge is 0.366 e. The van der Waals surface area contributed by atoms with Crippen LogP contribution in [0.15, 0.2) is 39.9 Å². The van der Waals surface area contributed by atoms with Gasteiger partial charge in [-0.25, -0.2) is 0 Å². The molecule has 0 spiro atoms. The Balaban J connectivity index is 2.18. The van der Waals surface area contributed by atoms with E-state index in [1.165, 1.54) is 0 Å². The van der Waals surface area contributed by atoms with E-state index < -0.39 is 5.91 Å². The maximum Gasteiger partial charge on any atom is 0.252 e. The Morgan fingerprint density at radius 3 is 2.21 bits per heavy atom. The second kappa shape index (κ2) is 6.02. The van der Waals surface area contributed by atoms with E-state index in [4.69, 9.17) is 5.73 Å². The lowest BCUT2D eigenvalue weighted by atomic mass is 9.90. The van der Waals surface area contributed by atoms with Gasteiger partial charge in [-0.1, -0.05) is 15.9 Å². The molecule has 1 aromatic carbocycles. The third kappa shape index (κ3) is 3.44. The molecule has 1 aliphatic rings. The zero-order valence-electron chi connectivity index (χ0n) is 10.4. The number of nitrogens with two attached hydrogens (primary N) is 1. The predicted molar refractivity (Wildman–Crippen MR) is 77.5 cm³/mol. The van der Waals surface area contributed by atoms with E-state index in [1.807, 2.05) is 12.1 Å². The van der Waals surface area contributed by atoms with Crippen molar-refractivity contribution in [1.82, 2.24) is 0 Å². The van der Waals surface area contributed by atoms with Crippen molar-refractivity contribution < 1.29 is 9.59 Å². The lowest BCUT2D eigenvalue weighted by Gasteiger charge is -2.17. The number of nitrogens with one attached hydrogen (secondary N) is 1. The first-order valence-corrected chi connectivity index (χ1v) is 6.96. The summed E-state index contributed by atoms with van der Waals surface area (Å²) in [6.07, 6.45) is 3.03. The first-order valence-electron chi connectivity index (χ1n) is 6.16. The van der Waals surface area contributed by atoms with Crippen LogP contribution in [-0.4, -0.2) is 11.8 Å². The lowest BCUT2D eigenvalue weighted by Crippen LogP contribution is -2.24.